The standard InChI is InChI=1S/C11H21N3O3/c1-7(2)13-10(15)4-14(3)11(16)8-5-17-6-9(8)12/h7-9H,4-6,12H2,1-3H3,(H,13,15). The van der Waals surface area contributed by atoms with Gasteiger partial charge in [0, 0.05) is 19.1 Å². The Morgan fingerprint density at radius 1 is 1.47 bits per heavy atom. The van der Waals surface area contributed by atoms with Crippen LogP contribution in [0.1, 0.15) is 13.8 Å². The molecule has 0 aliphatic carbocycles. The lowest BCUT2D eigenvalue weighted by atomic mass is 10.0. The molecular formula is C11H21N3O3. The normalized spacial score (nSPS) is 23.8. The second-order valence-electron chi connectivity index (χ2n) is 4.72. The number of rotatable bonds is 4. The van der Waals surface area contributed by atoms with Gasteiger partial charge in [-0.15, -0.1) is 0 Å². The van der Waals surface area contributed by atoms with Crippen molar-refractivity contribution in [2.75, 3.05) is 26.8 Å². The van der Waals surface area contributed by atoms with Crippen molar-refractivity contribution in [2.45, 2.75) is 25.9 Å². The number of amides is 2. The number of nitrogens with zero attached hydrogens (tertiary/aromatic N) is 1. The SMILES string of the molecule is CC(C)NC(=O)CN(C)C(=O)C1COCC1N. The van der Waals surface area contributed by atoms with Crippen LogP contribution in [0.2, 0.25) is 0 Å². The molecule has 98 valence electrons. The summed E-state index contributed by atoms with van der Waals surface area (Å²) in [5.74, 6) is -0.621. The van der Waals surface area contributed by atoms with Gasteiger partial charge < -0.3 is 20.7 Å². The van der Waals surface area contributed by atoms with E-state index in [1.165, 1.54) is 4.90 Å². The summed E-state index contributed by atoms with van der Waals surface area (Å²) in [6.45, 7) is 4.56. The minimum atomic E-state index is -0.327. The van der Waals surface area contributed by atoms with E-state index >= 15 is 0 Å². The molecule has 17 heavy (non-hydrogen) atoms. The van der Waals surface area contributed by atoms with Crippen LogP contribution in [0.3, 0.4) is 0 Å². The summed E-state index contributed by atoms with van der Waals surface area (Å²) < 4.78 is 5.14. The molecule has 1 rings (SSSR count). The Kier molecular flexibility index (Phi) is 4.89. The number of carbonyl (C=O) groups is 2. The molecule has 2 atom stereocenters. The molecular weight excluding hydrogens is 222 g/mol. The van der Waals surface area contributed by atoms with Gasteiger partial charge in [-0.1, -0.05) is 0 Å². The molecule has 2 unspecified atom stereocenters. The predicted molar refractivity (Wildman–Crippen MR) is 63.2 cm³/mol. The largest absolute Gasteiger partial charge is 0.379 e. The summed E-state index contributed by atoms with van der Waals surface area (Å²) in [5, 5.41) is 2.73. The Hall–Kier alpha value is -1.14. The first kappa shape index (κ1) is 13.9. The van der Waals surface area contributed by atoms with Crippen molar-refractivity contribution in [3.05, 3.63) is 0 Å². The zero-order chi connectivity index (χ0) is 13.0. The zero-order valence-corrected chi connectivity index (χ0v) is 10.6. The van der Waals surface area contributed by atoms with E-state index in [-0.39, 0.29) is 36.4 Å². The van der Waals surface area contributed by atoms with Gasteiger partial charge in [-0.2, -0.15) is 0 Å². The highest BCUT2D eigenvalue weighted by Gasteiger charge is 2.33. The third-order valence-corrected chi connectivity index (χ3v) is 2.65. The van der Waals surface area contributed by atoms with Gasteiger partial charge in [0.15, 0.2) is 0 Å². The molecule has 0 spiro atoms. The average Bonchev–Trinajstić information content (AvgIpc) is 2.61. The van der Waals surface area contributed by atoms with Crippen molar-refractivity contribution < 1.29 is 14.3 Å². The highest BCUT2D eigenvalue weighted by Crippen LogP contribution is 2.13. The minimum absolute atomic E-state index is 0.0558. The van der Waals surface area contributed by atoms with E-state index in [0.717, 1.165) is 0 Å². The second kappa shape index (κ2) is 5.97. The topological polar surface area (TPSA) is 84.7 Å². The van der Waals surface area contributed by atoms with E-state index in [4.69, 9.17) is 10.5 Å². The molecule has 2 amide bonds. The fraction of sp³-hybridized carbons (Fsp3) is 0.818. The van der Waals surface area contributed by atoms with Crippen LogP contribution in [0.5, 0.6) is 0 Å². The van der Waals surface area contributed by atoms with Crippen LogP contribution in [0.4, 0.5) is 0 Å². The van der Waals surface area contributed by atoms with E-state index in [9.17, 15) is 9.59 Å². The molecule has 3 N–H and O–H groups in total. The Labute approximate surface area is 101 Å². The molecule has 0 radical (unpaired) electrons. The quantitative estimate of drug-likeness (QED) is 0.659. The number of likely N-dealkylation sites (N-methyl/N-ethyl adjacent to an activating group) is 1. The van der Waals surface area contributed by atoms with Crippen molar-refractivity contribution in [3.63, 3.8) is 0 Å². The maximum Gasteiger partial charge on any atom is 0.239 e. The van der Waals surface area contributed by atoms with Crippen LogP contribution in [-0.2, 0) is 14.3 Å². The van der Waals surface area contributed by atoms with E-state index in [1.807, 2.05) is 13.8 Å². The first-order valence-corrected chi connectivity index (χ1v) is 5.79. The minimum Gasteiger partial charge on any atom is -0.379 e. The number of hydrogen-bond donors (Lipinski definition) is 2. The highest BCUT2D eigenvalue weighted by atomic mass is 16.5. The van der Waals surface area contributed by atoms with Crippen molar-refractivity contribution in [1.29, 1.82) is 0 Å². The van der Waals surface area contributed by atoms with E-state index in [1.54, 1.807) is 7.05 Å². The predicted octanol–water partition coefficient (Wildman–Crippen LogP) is -1.06. The molecule has 1 heterocycles. The molecule has 0 aromatic rings. The first-order chi connectivity index (χ1) is 7.91. The Morgan fingerprint density at radius 3 is 2.59 bits per heavy atom. The number of hydrogen-bond acceptors (Lipinski definition) is 4. The van der Waals surface area contributed by atoms with Crippen LogP contribution in [0.25, 0.3) is 0 Å². The summed E-state index contributed by atoms with van der Waals surface area (Å²) >= 11 is 0. The highest BCUT2D eigenvalue weighted by molar-refractivity contribution is 5.86. The molecule has 0 bridgehead atoms. The monoisotopic (exact) mass is 243 g/mol. The number of ether oxygens (including phenoxy) is 1. The number of carbonyl (C=O) groups excluding carboxylic acids is 2. The maximum atomic E-state index is 12.0. The molecule has 1 aliphatic rings. The Bertz CT molecular complexity index is 294. The van der Waals surface area contributed by atoms with Crippen LogP contribution >= 0.6 is 0 Å². The van der Waals surface area contributed by atoms with Crippen LogP contribution in [0.15, 0.2) is 0 Å². The van der Waals surface area contributed by atoms with Gasteiger partial charge in [-0.3, -0.25) is 9.59 Å². The van der Waals surface area contributed by atoms with E-state index < -0.39 is 0 Å². The van der Waals surface area contributed by atoms with Gasteiger partial charge in [-0.05, 0) is 13.8 Å². The van der Waals surface area contributed by atoms with Crippen LogP contribution < -0.4 is 11.1 Å². The molecule has 1 aliphatic heterocycles. The summed E-state index contributed by atoms with van der Waals surface area (Å²) in [4.78, 5) is 24.9. The second-order valence-corrected chi connectivity index (χ2v) is 4.72. The summed E-state index contributed by atoms with van der Waals surface area (Å²) in [6, 6.07) is -0.193. The van der Waals surface area contributed by atoms with Gasteiger partial charge in [0.25, 0.3) is 0 Å². The van der Waals surface area contributed by atoms with Crippen LogP contribution in [0, 0.1) is 5.92 Å². The summed E-state index contributed by atoms with van der Waals surface area (Å²) in [6.07, 6.45) is 0. The molecule has 0 aromatic heterocycles. The Morgan fingerprint density at radius 2 is 2.12 bits per heavy atom. The fourth-order valence-corrected chi connectivity index (χ4v) is 1.77. The van der Waals surface area contributed by atoms with Gasteiger partial charge >= 0.3 is 0 Å². The van der Waals surface area contributed by atoms with Gasteiger partial charge in [0.2, 0.25) is 11.8 Å². The van der Waals surface area contributed by atoms with Crippen molar-refractivity contribution in [1.82, 2.24) is 10.2 Å². The summed E-state index contributed by atoms with van der Waals surface area (Å²) in [5.41, 5.74) is 5.76. The van der Waals surface area contributed by atoms with E-state index in [2.05, 4.69) is 5.32 Å². The molecule has 1 fully saturated rings. The van der Waals surface area contributed by atoms with Crippen molar-refractivity contribution in [3.8, 4) is 0 Å². The Balaban J connectivity index is 2.44. The number of nitrogens with one attached hydrogen (secondary N) is 1. The van der Waals surface area contributed by atoms with Gasteiger partial charge in [-0.25, -0.2) is 0 Å². The molecule has 0 aromatic carbocycles. The zero-order valence-electron chi connectivity index (χ0n) is 10.6. The fourth-order valence-electron chi connectivity index (χ4n) is 1.77. The molecule has 6 nitrogen and oxygen atoms in total. The lowest BCUT2D eigenvalue weighted by Crippen LogP contribution is -2.46. The molecule has 1 saturated heterocycles. The van der Waals surface area contributed by atoms with Gasteiger partial charge in [0.05, 0.1) is 25.7 Å². The average molecular weight is 243 g/mol. The van der Waals surface area contributed by atoms with Gasteiger partial charge in [0.1, 0.15) is 0 Å². The van der Waals surface area contributed by atoms with Crippen molar-refractivity contribution >= 4 is 11.8 Å². The number of nitrogens with two attached hydrogens (primary N) is 1. The summed E-state index contributed by atoms with van der Waals surface area (Å²) in [7, 11) is 1.60. The maximum absolute atomic E-state index is 12.0. The third kappa shape index (κ3) is 3.98. The molecule has 6 heteroatoms. The first-order valence-electron chi connectivity index (χ1n) is 5.79. The smallest absolute Gasteiger partial charge is 0.239 e. The van der Waals surface area contributed by atoms with E-state index in [0.29, 0.717) is 13.2 Å². The molecule has 0 saturated carbocycles. The third-order valence-electron chi connectivity index (χ3n) is 2.65. The lowest BCUT2D eigenvalue weighted by Gasteiger charge is -2.22. The lowest BCUT2D eigenvalue weighted by molar-refractivity contribution is -0.138. The van der Waals surface area contributed by atoms with Crippen molar-refractivity contribution in [2.24, 2.45) is 11.7 Å². The van der Waals surface area contributed by atoms with Crippen LogP contribution in [-0.4, -0.2) is 55.6 Å².